The lowest BCUT2D eigenvalue weighted by Crippen LogP contribution is -2.13. The summed E-state index contributed by atoms with van der Waals surface area (Å²) in [5.41, 5.74) is 1.06. The van der Waals surface area contributed by atoms with Gasteiger partial charge in [-0.2, -0.15) is 0 Å². The van der Waals surface area contributed by atoms with Gasteiger partial charge in [-0.25, -0.2) is 8.42 Å². The van der Waals surface area contributed by atoms with E-state index >= 15 is 0 Å². The normalized spacial score (nSPS) is 11.5. The molecule has 0 bridgehead atoms. The lowest BCUT2D eigenvalue weighted by atomic mass is 10.3. The number of fused-ring (bicyclic) bond motifs is 1. The van der Waals surface area contributed by atoms with Crippen molar-refractivity contribution in [2.45, 2.75) is 18.4 Å². The first-order chi connectivity index (χ1) is 14.0. The average molecular weight is 427 g/mol. The van der Waals surface area contributed by atoms with E-state index in [1.807, 2.05) is 25.1 Å². The van der Waals surface area contributed by atoms with Gasteiger partial charge in [-0.15, -0.1) is 0 Å². The van der Waals surface area contributed by atoms with Gasteiger partial charge in [-0.1, -0.05) is 41.7 Å². The molecule has 1 aromatic heterocycles. The molecule has 0 radical (unpaired) electrons. The Morgan fingerprint density at radius 2 is 1.72 bits per heavy atom. The highest BCUT2D eigenvalue weighted by Crippen LogP contribution is 2.31. The number of para-hydroxylation sites is 3. The second-order valence-corrected chi connectivity index (χ2v) is 8.93. The van der Waals surface area contributed by atoms with E-state index in [4.69, 9.17) is 4.74 Å². The van der Waals surface area contributed by atoms with Gasteiger partial charge in [0.25, 0.3) is 10.0 Å². The van der Waals surface area contributed by atoms with Crippen molar-refractivity contribution >= 4 is 37.3 Å². The first-order valence-electron chi connectivity index (χ1n) is 8.96. The zero-order valence-corrected chi connectivity index (χ0v) is 17.2. The summed E-state index contributed by atoms with van der Waals surface area (Å²) in [7, 11) is -3.86. The van der Waals surface area contributed by atoms with Crippen LogP contribution in [-0.2, 0) is 16.6 Å². The standard InChI is InChI=1S/C21H18N2O4S2/c1-2-23-18-13-12-16(14-20(18)28-21(23)24)29(25,26)22-17-10-6-7-11-19(17)27-15-8-4-3-5-9-15/h3-14,22H,2H2,1H3. The van der Waals surface area contributed by atoms with Crippen molar-refractivity contribution in [3.8, 4) is 11.5 Å². The molecule has 0 saturated heterocycles. The molecule has 0 amide bonds. The molecular weight excluding hydrogens is 408 g/mol. The molecule has 3 aromatic carbocycles. The summed E-state index contributed by atoms with van der Waals surface area (Å²) >= 11 is 1.04. The van der Waals surface area contributed by atoms with Crippen molar-refractivity contribution in [1.82, 2.24) is 4.57 Å². The number of rotatable bonds is 6. The van der Waals surface area contributed by atoms with E-state index in [1.165, 1.54) is 12.1 Å². The van der Waals surface area contributed by atoms with Gasteiger partial charge in [0.1, 0.15) is 5.75 Å². The molecule has 0 fully saturated rings. The van der Waals surface area contributed by atoms with Gasteiger partial charge in [-0.05, 0) is 49.4 Å². The Kier molecular flexibility index (Phi) is 5.12. The Hall–Kier alpha value is -3.10. The molecule has 0 aliphatic heterocycles. The smallest absolute Gasteiger partial charge is 0.308 e. The molecule has 0 aliphatic carbocycles. The zero-order chi connectivity index (χ0) is 20.4. The third kappa shape index (κ3) is 3.90. The molecule has 1 heterocycles. The monoisotopic (exact) mass is 426 g/mol. The maximum Gasteiger partial charge on any atom is 0.308 e. The SMILES string of the molecule is CCn1c(=O)sc2cc(S(=O)(=O)Nc3ccccc3Oc3ccccc3)ccc21. The minimum Gasteiger partial charge on any atom is -0.455 e. The highest BCUT2D eigenvalue weighted by atomic mass is 32.2. The van der Waals surface area contributed by atoms with Crippen molar-refractivity contribution < 1.29 is 13.2 Å². The first kappa shape index (κ1) is 19.2. The average Bonchev–Trinajstić information content (AvgIpc) is 3.04. The number of nitrogens with one attached hydrogen (secondary N) is 1. The molecule has 0 spiro atoms. The Labute approximate surface area is 172 Å². The fourth-order valence-corrected chi connectivity index (χ4v) is 5.14. The minimum atomic E-state index is -3.86. The maximum atomic E-state index is 13.0. The van der Waals surface area contributed by atoms with Gasteiger partial charge in [0.05, 0.1) is 20.8 Å². The molecule has 148 valence electrons. The van der Waals surface area contributed by atoms with E-state index in [2.05, 4.69) is 4.72 Å². The van der Waals surface area contributed by atoms with Crippen LogP contribution >= 0.6 is 11.3 Å². The van der Waals surface area contributed by atoms with Crippen LogP contribution in [0.3, 0.4) is 0 Å². The van der Waals surface area contributed by atoms with Crippen LogP contribution in [-0.4, -0.2) is 13.0 Å². The molecule has 1 N–H and O–H groups in total. The number of thiazole rings is 1. The Bertz CT molecular complexity index is 1330. The summed E-state index contributed by atoms with van der Waals surface area (Å²) in [5.74, 6) is 0.997. The minimum absolute atomic E-state index is 0.0871. The van der Waals surface area contributed by atoms with E-state index in [0.29, 0.717) is 28.4 Å². The zero-order valence-electron chi connectivity index (χ0n) is 15.5. The Morgan fingerprint density at radius 1 is 1.00 bits per heavy atom. The first-order valence-corrected chi connectivity index (χ1v) is 11.3. The van der Waals surface area contributed by atoms with Crippen LogP contribution in [0.25, 0.3) is 10.2 Å². The third-order valence-corrected chi connectivity index (χ3v) is 6.67. The van der Waals surface area contributed by atoms with Crippen molar-refractivity contribution in [3.05, 3.63) is 82.5 Å². The lowest BCUT2D eigenvalue weighted by molar-refractivity contribution is 0.485. The molecule has 4 aromatic rings. The van der Waals surface area contributed by atoms with Gasteiger partial charge in [0.15, 0.2) is 5.75 Å². The summed E-state index contributed by atoms with van der Waals surface area (Å²) in [6.45, 7) is 2.41. The number of hydrogen-bond donors (Lipinski definition) is 1. The summed E-state index contributed by atoms with van der Waals surface area (Å²) in [6.07, 6.45) is 0. The molecule has 0 atom stereocenters. The van der Waals surface area contributed by atoms with Crippen LogP contribution in [0.2, 0.25) is 0 Å². The third-order valence-electron chi connectivity index (χ3n) is 4.37. The summed E-state index contributed by atoms with van der Waals surface area (Å²) in [4.78, 5) is 12.0. The van der Waals surface area contributed by atoms with Crippen molar-refractivity contribution in [3.63, 3.8) is 0 Å². The second kappa shape index (κ2) is 7.73. The molecule has 29 heavy (non-hydrogen) atoms. The van der Waals surface area contributed by atoms with Crippen LogP contribution in [0, 0.1) is 0 Å². The van der Waals surface area contributed by atoms with Gasteiger partial charge in [-0.3, -0.25) is 14.1 Å². The topological polar surface area (TPSA) is 77.4 Å². The lowest BCUT2D eigenvalue weighted by Gasteiger charge is -2.13. The number of hydrogen-bond acceptors (Lipinski definition) is 5. The van der Waals surface area contributed by atoms with E-state index in [-0.39, 0.29) is 9.77 Å². The van der Waals surface area contributed by atoms with Crippen LogP contribution in [0.15, 0.2) is 82.5 Å². The predicted octanol–water partition coefficient (Wildman–Crippen LogP) is 4.68. The number of ether oxygens (including phenoxy) is 1. The van der Waals surface area contributed by atoms with Crippen molar-refractivity contribution in [2.75, 3.05) is 4.72 Å². The van der Waals surface area contributed by atoms with Crippen LogP contribution in [0.1, 0.15) is 6.92 Å². The molecule has 4 rings (SSSR count). The van der Waals surface area contributed by atoms with Crippen LogP contribution in [0.4, 0.5) is 5.69 Å². The van der Waals surface area contributed by atoms with Crippen LogP contribution in [0.5, 0.6) is 11.5 Å². The largest absolute Gasteiger partial charge is 0.455 e. The predicted molar refractivity (Wildman–Crippen MR) is 116 cm³/mol. The molecule has 0 saturated carbocycles. The Balaban J connectivity index is 1.67. The fraction of sp³-hybridized carbons (Fsp3) is 0.0952. The molecule has 0 unspecified atom stereocenters. The highest BCUT2D eigenvalue weighted by molar-refractivity contribution is 7.92. The number of anilines is 1. The van der Waals surface area contributed by atoms with Gasteiger partial charge in [0, 0.05) is 6.54 Å². The molecular formula is C21H18N2O4S2. The number of sulfonamides is 1. The van der Waals surface area contributed by atoms with E-state index < -0.39 is 10.0 Å². The van der Waals surface area contributed by atoms with Crippen molar-refractivity contribution in [2.24, 2.45) is 0 Å². The number of nitrogens with zero attached hydrogens (tertiary/aromatic N) is 1. The van der Waals surface area contributed by atoms with Gasteiger partial charge < -0.3 is 4.74 Å². The maximum absolute atomic E-state index is 13.0. The van der Waals surface area contributed by atoms with Crippen molar-refractivity contribution in [1.29, 1.82) is 0 Å². The second-order valence-electron chi connectivity index (χ2n) is 6.26. The number of benzene rings is 3. The summed E-state index contributed by atoms with van der Waals surface area (Å²) in [5, 5.41) is 0. The molecule has 6 nitrogen and oxygen atoms in total. The Morgan fingerprint density at radius 3 is 2.48 bits per heavy atom. The fourth-order valence-electron chi connectivity index (χ4n) is 2.97. The summed E-state index contributed by atoms with van der Waals surface area (Å²) < 4.78 is 36.6. The van der Waals surface area contributed by atoms with Crippen LogP contribution < -0.4 is 14.3 Å². The summed E-state index contributed by atoms with van der Waals surface area (Å²) in [6, 6.07) is 20.7. The highest BCUT2D eigenvalue weighted by Gasteiger charge is 2.19. The van der Waals surface area contributed by atoms with Gasteiger partial charge >= 0.3 is 4.87 Å². The quantitative estimate of drug-likeness (QED) is 0.486. The molecule has 0 aliphatic rings. The van der Waals surface area contributed by atoms with E-state index in [9.17, 15) is 13.2 Å². The van der Waals surface area contributed by atoms with E-state index in [1.54, 1.807) is 47.0 Å². The van der Waals surface area contributed by atoms with E-state index in [0.717, 1.165) is 16.9 Å². The number of aryl methyl sites for hydroxylation is 1. The molecule has 8 heteroatoms. The number of aromatic nitrogens is 1. The van der Waals surface area contributed by atoms with Gasteiger partial charge in [0.2, 0.25) is 0 Å².